The van der Waals surface area contributed by atoms with Crippen LogP contribution in [-0.2, 0) is 25.8 Å². The molecule has 2 aromatic carbocycles. The molecule has 1 saturated heterocycles. The molecule has 33 heavy (non-hydrogen) atoms. The molecule has 2 heterocycles. The van der Waals surface area contributed by atoms with E-state index in [0.717, 1.165) is 29.5 Å². The van der Waals surface area contributed by atoms with Crippen molar-refractivity contribution in [3.05, 3.63) is 48.0 Å². The zero-order valence-corrected chi connectivity index (χ0v) is 20.5. The number of methoxy groups -OCH3 is 1. The Labute approximate surface area is 198 Å². The highest BCUT2D eigenvalue weighted by molar-refractivity contribution is 7.91. The Bertz CT molecular complexity index is 1220. The van der Waals surface area contributed by atoms with Gasteiger partial charge in [-0.3, -0.25) is 9.69 Å². The van der Waals surface area contributed by atoms with Crippen molar-refractivity contribution in [1.82, 2.24) is 4.98 Å². The van der Waals surface area contributed by atoms with Crippen molar-refractivity contribution < 1.29 is 22.7 Å². The average Bonchev–Trinajstić information content (AvgIpc) is 3.50. The molecule has 4 rings (SSSR count). The van der Waals surface area contributed by atoms with Crippen LogP contribution in [0.5, 0.6) is 5.75 Å². The molecule has 7 nitrogen and oxygen atoms in total. The summed E-state index contributed by atoms with van der Waals surface area (Å²) in [5.74, 6) is 0.0395. The first-order chi connectivity index (χ1) is 15.9. The molecule has 1 aromatic heterocycles. The van der Waals surface area contributed by atoms with E-state index in [9.17, 15) is 13.2 Å². The Morgan fingerprint density at radius 1 is 1.24 bits per heavy atom. The van der Waals surface area contributed by atoms with Gasteiger partial charge < -0.3 is 9.47 Å². The maximum atomic E-state index is 13.3. The lowest BCUT2D eigenvalue weighted by Gasteiger charge is -2.23. The summed E-state index contributed by atoms with van der Waals surface area (Å²) in [7, 11) is -2.08. The van der Waals surface area contributed by atoms with Gasteiger partial charge in [0.05, 0.1) is 40.6 Å². The SMILES string of the molecule is CCc1ccc2nc(N(CC3CCCO3)C(=O)CCS(=O)(=O)c3ccc(OC)cc3)sc2c1. The third-order valence-corrected chi connectivity index (χ3v) is 8.57. The lowest BCUT2D eigenvalue weighted by Crippen LogP contribution is -2.38. The number of carbonyl (C=O) groups is 1. The molecule has 1 amide bonds. The highest BCUT2D eigenvalue weighted by Gasteiger charge is 2.27. The van der Waals surface area contributed by atoms with Crippen LogP contribution in [0.3, 0.4) is 0 Å². The van der Waals surface area contributed by atoms with Crippen molar-refractivity contribution in [2.45, 2.75) is 43.6 Å². The minimum absolute atomic E-state index is 0.0645. The number of sulfone groups is 1. The Morgan fingerprint density at radius 2 is 2.03 bits per heavy atom. The number of rotatable bonds is 9. The number of nitrogens with zero attached hydrogens (tertiary/aromatic N) is 2. The van der Waals surface area contributed by atoms with Crippen LogP contribution in [0, 0.1) is 0 Å². The molecule has 1 fully saturated rings. The van der Waals surface area contributed by atoms with Crippen LogP contribution in [0.2, 0.25) is 0 Å². The molecule has 9 heteroatoms. The fourth-order valence-electron chi connectivity index (χ4n) is 3.83. The first kappa shape index (κ1) is 23.7. The minimum Gasteiger partial charge on any atom is -0.497 e. The maximum Gasteiger partial charge on any atom is 0.229 e. The second kappa shape index (κ2) is 10.2. The molecule has 0 aliphatic carbocycles. The molecule has 1 unspecified atom stereocenters. The number of benzene rings is 2. The zero-order valence-electron chi connectivity index (χ0n) is 18.8. The van der Waals surface area contributed by atoms with Crippen molar-refractivity contribution in [3.63, 3.8) is 0 Å². The lowest BCUT2D eigenvalue weighted by molar-refractivity contribution is -0.118. The number of ether oxygens (including phenoxy) is 2. The molecular weight excluding hydrogens is 460 g/mol. The van der Waals surface area contributed by atoms with Crippen LogP contribution in [0.25, 0.3) is 10.2 Å². The van der Waals surface area contributed by atoms with E-state index < -0.39 is 9.84 Å². The first-order valence-electron chi connectivity index (χ1n) is 11.1. The summed E-state index contributed by atoms with van der Waals surface area (Å²) < 4.78 is 37.5. The average molecular weight is 489 g/mol. The van der Waals surface area contributed by atoms with E-state index in [0.29, 0.717) is 24.0 Å². The van der Waals surface area contributed by atoms with E-state index in [1.807, 2.05) is 12.1 Å². The number of hydrogen-bond acceptors (Lipinski definition) is 7. The highest BCUT2D eigenvalue weighted by Crippen LogP contribution is 2.31. The number of fused-ring (bicyclic) bond motifs is 1. The fourth-order valence-corrected chi connectivity index (χ4v) is 6.11. The van der Waals surface area contributed by atoms with Gasteiger partial charge in [0.1, 0.15) is 5.75 Å². The van der Waals surface area contributed by atoms with Gasteiger partial charge in [0, 0.05) is 13.0 Å². The number of aryl methyl sites for hydroxylation is 1. The number of thiazole rings is 1. The molecule has 0 spiro atoms. The molecule has 0 N–H and O–H groups in total. The molecule has 1 atom stereocenters. The summed E-state index contributed by atoms with van der Waals surface area (Å²) in [6.45, 7) is 3.15. The van der Waals surface area contributed by atoms with Crippen LogP contribution in [0.1, 0.15) is 31.7 Å². The van der Waals surface area contributed by atoms with E-state index in [2.05, 4.69) is 18.0 Å². The fraction of sp³-hybridized carbons (Fsp3) is 0.417. The molecule has 0 radical (unpaired) electrons. The van der Waals surface area contributed by atoms with Crippen LogP contribution < -0.4 is 9.64 Å². The number of amides is 1. The summed E-state index contributed by atoms with van der Waals surface area (Å²) in [4.78, 5) is 19.7. The van der Waals surface area contributed by atoms with Crippen LogP contribution in [0.15, 0.2) is 47.4 Å². The van der Waals surface area contributed by atoms with Gasteiger partial charge in [0.25, 0.3) is 0 Å². The maximum absolute atomic E-state index is 13.3. The zero-order chi connectivity index (χ0) is 23.4. The molecular formula is C24H28N2O5S2. The summed E-state index contributed by atoms with van der Waals surface area (Å²) in [5, 5.41) is 0.584. The van der Waals surface area contributed by atoms with Crippen molar-refractivity contribution in [2.75, 3.05) is 30.9 Å². The van der Waals surface area contributed by atoms with Gasteiger partial charge in [-0.15, -0.1) is 0 Å². The van der Waals surface area contributed by atoms with Gasteiger partial charge in [-0.1, -0.05) is 24.3 Å². The first-order valence-corrected chi connectivity index (χ1v) is 13.5. The molecule has 0 saturated carbocycles. The van der Waals surface area contributed by atoms with Crippen LogP contribution >= 0.6 is 11.3 Å². The van der Waals surface area contributed by atoms with Gasteiger partial charge >= 0.3 is 0 Å². The van der Waals surface area contributed by atoms with Gasteiger partial charge in [0.2, 0.25) is 5.91 Å². The van der Waals surface area contributed by atoms with Gasteiger partial charge in [-0.25, -0.2) is 13.4 Å². The van der Waals surface area contributed by atoms with Crippen molar-refractivity contribution in [3.8, 4) is 5.75 Å². The second-order valence-electron chi connectivity index (χ2n) is 8.04. The van der Waals surface area contributed by atoms with Crippen LogP contribution in [0.4, 0.5) is 5.13 Å². The van der Waals surface area contributed by atoms with E-state index >= 15 is 0 Å². The topological polar surface area (TPSA) is 85.8 Å². The van der Waals surface area contributed by atoms with Gasteiger partial charge in [-0.2, -0.15) is 0 Å². The Kier molecular flexibility index (Phi) is 7.31. The summed E-state index contributed by atoms with van der Waals surface area (Å²) >= 11 is 1.46. The predicted octanol–water partition coefficient (Wildman–Crippen LogP) is 4.24. The summed E-state index contributed by atoms with van der Waals surface area (Å²) in [6.07, 6.45) is 2.56. The Morgan fingerprint density at radius 3 is 2.70 bits per heavy atom. The number of hydrogen-bond donors (Lipinski definition) is 0. The highest BCUT2D eigenvalue weighted by atomic mass is 32.2. The minimum atomic E-state index is -3.61. The smallest absolute Gasteiger partial charge is 0.229 e. The molecule has 3 aromatic rings. The number of carbonyl (C=O) groups excluding carboxylic acids is 1. The van der Waals surface area contributed by atoms with Gasteiger partial charge in [0.15, 0.2) is 15.0 Å². The van der Waals surface area contributed by atoms with Crippen LogP contribution in [-0.4, -0.2) is 51.4 Å². The second-order valence-corrected chi connectivity index (χ2v) is 11.2. The van der Waals surface area contributed by atoms with Crippen molar-refractivity contribution >= 4 is 42.4 Å². The molecule has 0 bridgehead atoms. The van der Waals surface area contributed by atoms with E-state index in [1.165, 1.54) is 36.1 Å². The third-order valence-electron chi connectivity index (χ3n) is 5.80. The summed E-state index contributed by atoms with van der Waals surface area (Å²) in [6, 6.07) is 12.3. The van der Waals surface area contributed by atoms with Crippen molar-refractivity contribution in [2.24, 2.45) is 0 Å². The van der Waals surface area contributed by atoms with Gasteiger partial charge in [-0.05, 0) is 61.2 Å². The standard InChI is InChI=1S/C24H28N2O5S2/c1-3-17-6-11-21-22(15-17)32-24(25-21)26(16-19-5-4-13-31-19)23(27)12-14-33(28,29)20-9-7-18(30-2)8-10-20/h6-11,15,19H,3-5,12-14,16H2,1-2H3. The number of anilines is 1. The van der Waals surface area contributed by atoms with E-state index in [4.69, 9.17) is 9.47 Å². The number of aromatic nitrogens is 1. The molecule has 1 aliphatic heterocycles. The predicted molar refractivity (Wildman–Crippen MR) is 130 cm³/mol. The lowest BCUT2D eigenvalue weighted by atomic mass is 10.2. The molecule has 176 valence electrons. The van der Waals surface area contributed by atoms with E-state index in [-0.39, 0.29) is 29.1 Å². The van der Waals surface area contributed by atoms with E-state index in [1.54, 1.807) is 17.0 Å². The van der Waals surface area contributed by atoms with Crippen molar-refractivity contribution in [1.29, 1.82) is 0 Å². The third kappa shape index (κ3) is 5.54. The Balaban J connectivity index is 1.54. The largest absolute Gasteiger partial charge is 0.497 e. The molecule has 1 aliphatic rings. The Hall–Kier alpha value is -2.49. The monoisotopic (exact) mass is 488 g/mol. The normalized spacial score (nSPS) is 16.2. The quantitative estimate of drug-likeness (QED) is 0.448. The summed E-state index contributed by atoms with van der Waals surface area (Å²) in [5.41, 5.74) is 2.04.